The number of rotatable bonds is 2. The van der Waals surface area contributed by atoms with Crippen molar-refractivity contribution in [1.82, 2.24) is 0 Å². The van der Waals surface area contributed by atoms with Gasteiger partial charge in [-0.1, -0.05) is 31.5 Å². The highest BCUT2D eigenvalue weighted by Crippen LogP contribution is 2.24. The second-order valence-corrected chi connectivity index (χ2v) is 3.81. The first-order valence-electron chi connectivity index (χ1n) is 4.14. The monoisotopic (exact) mass is 183 g/mol. The summed E-state index contributed by atoms with van der Waals surface area (Å²) in [4.78, 5) is 0. The Hall–Kier alpha value is -0.690. The van der Waals surface area contributed by atoms with E-state index in [9.17, 15) is 0 Å². The fourth-order valence-corrected chi connectivity index (χ4v) is 1.46. The quantitative estimate of drug-likeness (QED) is 0.701. The first-order chi connectivity index (χ1) is 5.61. The number of nitrogens with two attached hydrogens (primary N) is 1. The summed E-state index contributed by atoms with van der Waals surface area (Å²) in [6.45, 7) is 4.31. The van der Waals surface area contributed by atoms with Gasteiger partial charge in [0.15, 0.2) is 0 Å². The maximum absolute atomic E-state index is 5.99. The van der Waals surface area contributed by atoms with Crippen LogP contribution < -0.4 is 5.73 Å². The van der Waals surface area contributed by atoms with E-state index >= 15 is 0 Å². The molecule has 0 aliphatic heterocycles. The number of nitrogen functional groups attached to an aromatic ring is 1. The van der Waals surface area contributed by atoms with Crippen LogP contribution in [0.5, 0.6) is 0 Å². The Morgan fingerprint density at radius 3 is 2.58 bits per heavy atom. The summed E-state index contributed by atoms with van der Waals surface area (Å²) in [6.07, 6.45) is 0.950. The molecule has 0 saturated heterocycles. The minimum absolute atomic E-state index is 0.590. The van der Waals surface area contributed by atoms with E-state index in [-0.39, 0.29) is 0 Å². The molecule has 0 unspecified atom stereocenters. The summed E-state index contributed by atoms with van der Waals surface area (Å²) in [5.41, 5.74) is 7.67. The molecule has 1 nitrogen and oxygen atoms in total. The van der Waals surface area contributed by atoms with Gasteiger partial charge in [0, 0.05) is 10.7 Å². The Kier molecular flexibility index (Phi) is 2.99. The van der Waals surface area contributed by atoms with Crippen LogP contribution in [0, 0.1) is 5.92 Å². The van der Waals surface area contributed by atoms with Crippen molar-refractivity contribution in [1.29, 1.82) is 0 Å². The van der Waals surface area contributed by atoms with Crippen LogP contribution in [0.1, 0.15) is 19.4 Å². The van der Waals surface area contributed by atoms with Gasteiger partial charge in [0.1, 0.15) is 0 Å². The second-order valence-electron chi connectivity index (χ2n) is 3.41. The van der Waals surface area contributed by atoms with Gasteiger partial charge < -0.3 is 5.73 Å². The van der Waals surface area contributed by atoms with Crippen LogP contribution in [-0.2, 0) is 6.42 Å². The zero-order valence-corrected chi connectivity index (χ0v) is 8.23. The van der Waals surface area contributed by atoms with Crippen molar-refractivity contribution in [2.24, 2.45) is 5.92 Å². The summed E-state index contributed by atoms with van der Waals surface area (Å²) < 4.78 is 0. The number of anilines is 1. The van der Waals surface area contributed by atoms with Gasteiger partial charge in [-0.25, -0.2) is 0 Å². The molecular weight excluding hydrogens is 170 g/mol. The van der Waals surface area contributed by atoms with Crippen molar-refractivity contribution >= 4 is 17.3 Å². The number of benzene rings is 1. The van der Waals surface area contributed by atoms with E-state index in [1.54, 1.807) is 0 Å². The number of hydrogen-bond acceptors (Lipinski definition) is 1. The normalized spacial score (nSPS) is 10.7. The highest BCUT2D eigenvalue weighted by atomic mass is 35.5. The van der Waals surface area contributed by atoms with Gasteiger partial charge in [-0.15, -0.1) is 0 Å². The molecule has 0 heterocycles. The number of hydrogen-bond donors (Lipinski definition) is 1. The maximum Gasteiger partial charge on any atom is 0.0458 e. The average Bonchev–Trinajstić information content (AvgIpc) is 1.97. The molecule has 1 aromatic rings. The van der Waals surface area contributed by atoms with Gasteiger partial charge >= 0.3 is 0 Å². The lowest BCUT2D eigenvalue weighted by atomic mass is 10.0. The maximum atomic E-state index is 5.99. The standard InChI is InChI=1S/C10H14ClN/c1-7(2)6-8-9(11)4-3-5-10(8)12/h3-5,7H,6,12H2,1-2H3. The first-order valence-corrected chi connectivity index (χ1v) is 4.52. The Bertz CT molecular complexity index is 248. The molecule has 0 aliphatic carbocycles. The molecule has 66 valence electrons. The van der Waals surface area contributed by atoms with E-state index in [1.165, 1.54) is 0 Å². The van der Waals surface area contributed by atoms with E-state index in [4.69, 9.17) is 17.3 Å². The second kappa shape index (κ2) is 3.81. The van der Waals surface area contributed by atoms with Crippen LogP contribution in [0.2, 0.25) is 5.02 Å². The molecule has 1 aromatic carbocycles. The van der Waals surface area contributed by atoms with Crippen molar-refractivity contribution < 1.29 is 0 Å². The zero-order chi connectivity index (χ0) is 9.14. The molecule has 12 heavy (non-hydrogen) atoms. The Balaban J connectivity index is 2.96. The predicted octanol–water partition coefficient (Wildman–Crippen LogP) is 3.12. The predicted molar refractivity (Wildman–Crippen MR) is 54.4 cm³/mol. The highest BCUT2D eigenvalue weighted by Gasteiger charge is 2.05. The van der Waals surface area contributed by atoms with Crippen molar-refractivity contribution in [3.8, 4) is 0 Å². The fourth-order valence-electron chi connectivity index (χ4n) is 1.20. The molecule has 0 radical (unpaired) electrons. The smallest absolute Gasteiger partial charge is 0.0458 e. The summed E-state index contributed by atoms with van der Waals surface area (Å²) in [7, 11) is 0. The minimum atomic E-state index is 0.590. The van der Waals surface area contributed by atoms with E-state index < -0.39 is 0 Å². The largest absolute Gasteiger partial charge is 0.398 e. The van der Waals surface area contributed by atoms with Crippen LogP contribution in [-0.4, -0.2) is 0 Å². The minimum Gasteiger partial charge on any atom is -0.398 e. The average molecular weight is 184 g/mol. The van der Waals surface area contributed by atoms with Crippen LogP contribution >= 0.6 is 11.6 Å². The van der Waals surface area contributed by atoms with Gasteiger partial charge in [-0.3, -0.25) is 0 Å². The molecule has 2 N–H and O–H groups in total. The van der Waals surface area contributed by atoms with E-state index in [0.29, 0.717) is 5.92 Å². The van der Waals surface area contributed by atoms with Crippen LogP contribution in [0.15, 0.2) is 18.2 Å². The van der Waals surface area contributed by atoms with Gasteiger partial charge in [-0.2, -0.15) is 0 Å². The molecule has 0 aliphatic rings. The van der Waals surface area contributed by atoms with Gasteiger partial charge in [-0.05, 0) is 30.0 Å². The summed E-state index contributed by atoms with van der Waals surface area (Å²) in [6, 6.07) is 5.65. The molecule has 0 spiro atoms. The Morgan fingerprint density at radius 2 is 2.08 bits per heavy atom. The van der Waals surface area contributed by atoms with Gasteiger partial charge in [0.25, 0.3) is 0 Å². The van der Waals surface area contributed by atoms with Crippen molar-refractivity contribution in [2.75, 3.05) is 5.73 Å². The molecule has 0 aromatic heterocycles. The topological polar surface area (TPSA) is 26.0 Å². The van der Waals surface area contributed by atoms with Crippen molar-refractivity contribution in [3.63, 3.8) is 0 Å². The lowest BCUT2D eigenvalue weighted by Crippen LogP contribution is -1.99. The van der Waals surface area contributed by atoms with Crippen LogP contribution in [0.25, 0.3) is 0 Å². The number of halogens is 1. The molecule has 0 fully saturated rings. The third-order valence-corrected chi connectivity index (χ3v) is 2.12. The Morgan fingerprint density at radius 1 is 1.42 bits per heavy atom. The van der Waals surface area contributed by atoms with Crippen molar-refractivity contribution in [2.45, 2.75) is 20.3 Å². The lowest BCUT2D eigenvalue weighted by molar-refractivity contribution is 0.648. The molecule has 0 saturated carbocycles. The molecule has 1 rings (SSSR count). The molecular formula is C10H14ClN. The fraction of sp³-hybridized carbons (Fsp3) is 0.400. The molecule has 0 amide bonds. The van der Waals surface area contributed by atoms with Crippen LogP contribution in [0.3, 0.4) is 0 Å². The summed E-state index contributed by atoms with van der Waals surface area (Å²) in [5.74, 6) is 0.590. The third-order valence-electron chi connectivity index (χ3n) is 1.77. The van der Waals surface area contributed by atoms with E-state index in [1.807, 2.05) is 18.2 Å². The molecule has 2 heteroatoms. The highest BCUT2D eigenvalue weighted by molar-refractivity contribution is 6.31. The SMILES string of the molecule is CC(C)Cc1c(N)cccc1Cl. The van der Waals surface area contributed by atoms with Crippen molar-refractivity contribution in [3.05, 3.63) is 28.8 Å². The zero-order valence-electron chi connectivity index (χ0n) is 7.47. The lowest BCUT2D eigenvalue weighted by Gasteiger charge is -2.09. The summed E-state index contributed by atoms with van der Waals surface area (Å²) >= 11 is 5.99. The first kappa shape index (κ1) is 9.40. The summed E-state index contributed by atoms with van der Waals surface area (Å²) in [5, 5.41) is 0.781. The Labute approximate surface area is 78.5 Å². The molecule has 0 bridgehead atoms. The molecule has 0 atom stereocenters. The van der Waals surface area contributed by atoms with Gasteiger partial charge in [0.05, 0.1) is 0 Å². The van der Waals surface area contributed by atoms with E-state index in [0.717, 1.165) is 22.7 Å². The van der Waals surface area contributed by atoms with Gasteiger partial charge in [0.2, 0.25) is 0 Å². The van der Waals surface area contributed by atoms with E-state index in [2.05, 4.69) is 13.8 Å². The third kappa shape index (κ3) is 2.15. The van der Waals surface area contributed by atoms with Crippen LogP contribution in [0.4, 0.5) is 5.69 Å².